The van der Waals surface area contributed by atoms with Gasteiger partial charge in [-0.15, -0.1) is 0 Å². The van der Waals surface area contributed by atoms with E-state index in [1.807, 2.05) is 36.4 Å². The molecule has 0 aliphatic carbocycles. The Hall–Kier alpha value is -2.89. The molecule has 0 unspecified atom stereocenters. The van der Waals surface area contributed by atoms with Crippen LogP contribution in [0.15, 0.2) is 39.9 Å². The molecule has 94 valence electrons. The molecule has 3 aromatic rings. The summed E-state index contributed by atoms with van der Waals surface area (Å²) in [7, 11) is 0. The van der Waals surface area contributed by atoms with Crippen LogP contribution in [0.5, 0.6) is 0 Å². The Bertz CT molecular complexity index is 855. The Labute approximate surface area is 106 Å². The van der Waals surface area contributed by atoms with Crippen LogP contribution in [0.25, 0.3) is 23.3 Å². The van der Waals surface area contributed by atoms with Crippen LogP contribution >= 0.6 is 0 Å². The van der Waals surface area contributed by atoms with Crippen LogP contribution in [-0.2, 0) is 0 Å². The Morgan fingerprint density at radius 1 is 0.947 bits per heavy atom. The van der Waals surface area contributed by atoms with Gasteiger partial charge in [-0.05, 0) is 11.6 Å². The molecule has 0 bridgehead atoms. The Balaban J connectivity index is 2.03. The first kappa shape index (κ1) is 11.2. The number of aromatic amines is 3. The van der Waals surface area contributed by atoms with E-state index in [4.69, 9.17) is 0 Å². The molecule has 1 aromatic carbocycles. The van der Waals surface area contributed by atoms with Crippen LogP contribution < -0.4 is 11.2 Å². The van der Waals surface area contributed by atoms with Crippen LogP contribution in [0, 0.1) is 0 Å². The fourth-order valence-corrected chi connectivity index (χ4v) is 1.77. The minimum Gasteiger partial charge on any atom is -0.333 e. The van der Waals surface area contributed by atoms with Crippen molar-refractivity contribution in [3.05, 3.63) is 62.6 Å². The van der Waals surface area contributed by atoms with E-state index in [0.29, 0.717) is 5.82 Å². The second kappa shape index (κ2) is 4.41. The van der Waals surface area contributed by atoms with Gasteiger partial charge in [-0.25, -0.2) is 9.78 Å². The van der Waals surface area contributed by atoms with Crippen molar-refractivity contribution in [2.24, 2.45) is 0 Å². The monoisotopic (exact) mass is 254 g/mol. The van der Waals surface area contributed by atoms with E-state index in [2.05, 4.69) is 19.9 Å². The molecule has 0 radical (unpaired) electrons. The Morgan fingerprint density at radius 2 is 1.74 bits per heavy atom. The van der Waals surface area contributed by atoms with Crippen molar-refractivity contribution >= 4 is 23.3 Å². The molecule has 0 fully saturated rings. The van der Waals surface area contributed by atoms with Crippen molar-refractivity contribution in [2.75, 3.05) is 0 Å². The van der Waals surface area contributed by atoms with Crippen molar-refractivity contribution in [1.29, 1.82) is 0 Å². The van der Waals surface area contributed by atoms with Crippen LogP contribution in [0.3, 0.4) is 0 Å². The van der Waals surface area contributed by atoms with Gasteiger partial charge in [0.05, 0.1) is 0 Å². The second-order valence-electron chi connectivity index (χ2n) is 4.00. The third kappa shape index (κ3) is 2.23. The molecule has 6 nitrogen and oxygen atoms in total. The third-order valence-electron chi connectivity index (χ3n) is 2.64. The molecule has 0 spiro atoms. The van der Waals surface area contributed by atoms with Gasteiger partial charge >= 0.3 is 5.69 Å². The van der Waals surface area contributed by atoms with Gasteiger partial charge in [0.15, 0.2) is 5.65 Å². The quantitative estimate of drug-likeness (QED) is 0.639. The summed E-state index contributed by atoms with van der Waals surface area (Å²) < 4.78 is 0. The number of rotatable bonds is 2. The molecular weight excluding hydrogens is 244 g/mol. The predicted octanol–water partition coefficient (Wildman–Crippen LogP) is 1.11. The van der Waals surface area contributed by atoms with Gasteiger partial charge in [-0.2, -0.15) is 0 Å². The topological polar surface area (TPSA) is 94.4 Å². The highest BCUT2D eigenvalue weighted by molar-refractivity contribution is 5.74. The Kier molecular flexibility index (Phi) is 2.60. The zero-order valence-corrected chi connectivity index (χ0v) is 9.81. The molecule has 0 aliphatic heterocycles. The lowest BCUT2D eigenvalue weighted by Gasteiger charge is -1.89. The standard InChI is InChI=1S/C13H10N4O2/c18-12-10-11(16-13(19)17-12)15-9(14-10)7-6-8-4-2-1-3-5-8/h1-7H,(H3,14,15,16,17,18,19). The van der Waals surface area contributed by atoms with Gasteiger partial charge in [-0.3, -0.25) is 14.8 Å². The van der Waals surface area contributed by atoms with Crippen molar-refractivity contribution in [3.63, 3.8) is 0 Å². The molecule has 2 heterocycles. The number of H-pyrrole nitrogens is 3. The van der Waals surface area contributed by atoms with E-state index in [0.717, 1.165) is 5.56 Å². The zero-order chi connectivity index (χ0) is 13.2. The normalized spacial score (nSPS) is 11.4. The maximum Gasteiger partial charge on any atom is 0.327 e. The summed E-state index contributed by atoms with van der Waals surface area (Å²) in [4.78, 5) is 34.2. The highest BCUT2D eigenvalue weighted by Gasteiger charge is 2.05. The number of fused-ring (bicyclic) bond motifs is 1. The van der Waals surface area contributed by atoms with Crippen LogP contribution in [0.2, 0.25) is 0 Å². The minimum absolute atomic E-state index is 0.251. The van der Waals surface area contributed by atoms with Crippen molar-refractivity contribution < 1.29 is 0 Å². The molecule has 0 saturated carbocycles. The van der Waals surface area contributed by atoms with Gasteiger partial charge in [0, 0.05) is 0 Å². The van der Waals surface area contributed by atoms with Gasteiger partial charge in [0.2, 0.25) is 0 Å². The average Bonchev–Trinajstić information content (AvgIpc) is 2.81. The highest BCUT2D eigenvalue weighted by atomic mass is 16.2. The van der Waals surface area contributed by atoms with Crippen LogP contribution in [0.4, 0.5) is 0 Å². The molecule has 2 aromatic heterocycles. The molecule has 6 heteroatoms. The van der Waals surface area contributed by atoms with Crippen LogP contribution in [-0.4, -0.2) is 19.9 Å². The first-order chi connectivity index (χ1) is 9.22. The summed E-state index contributed by atoms with van der Waals surface area (Å²) in [6.07, 6.45) is 3.61. The van der Waals surface area contributed by atoms with Crippen molar-refractivity contribution in [3.8, 4) is 0 Å². The molecule has 3 N–H and O–H groups in total. The molecule has 3 rings (SSSR count). The van der Waals surface area contributed by atoms with Gasteiger partial charge in [0.1, 0.15) is 11.3 Å². The summed E-state index contributed by atoms with van der Waals surface area (Å²) in [6.45, 7) is 0. The molecule has 19 heavy (non-hydrogen) atoms. The molecular formula is C13H10N4O2. The van der Waals surface area contributed by atoms with E-state index in [1.165, 1.54) is 0 Å². The first-order valence-corrected chi connectivity index (χ1v) is 5.68. The van der Waals surface area contributed by atoms with E-state index in [9.17, 15) is 9.59 Å². The molecule has 0 saturated heterocycles. The predicted molar refractivity (Wildman–Crippen MR) is 72.7 cm³/mol. The molecule has 0 aliphatic rings. The largest absolute Gasteiger partial charge is 0.333 e. The smallest absolute Gasteiger partial charge is 0.327 e. The molecule has 0 amide bonds. The van der Waals surface area contributed by atoms with Crippen molar-refractivity contribution in [1.82, 2.24) is 19.9 Å². The zero-order valence-electron chi connectivity index (χ0n) is 9.81. The van der Waals surface area contributed by atoms with E-state index >= 15 is 0 Å². The number of aromatic nitrogens is 4. The molecule has 0 atom stereocenters. The summed E-state index contributed by atoms with van der Waals surface area (Å²) in [5.74, 6) is 0.506. The average molecular weight is 254 g/mol. The Morgan fingerprint density at radius 3 is 2.53 bits per heavy atom. The van der Waals surface area contributed by atoms with Gasteiger partial charge in [0.25, 0.3) is 5.56 Å². The number of imidazole rings is 1. The minimum atomic E-state index is -0.567. The van der Waals surface area contributed by atoms with Crippen LogP contribution in [0.1, 0.15) is 11.4 Å². The second-order valence-corrected chi connectivity index (χ2v) is 4.00. The lowest BCUT2D eigenvalue weighted by atomic mass is 10.2. The summed E-state index contributed by atoms with van der Waals surface area (Å²) in [6, 6.07) is 9.70. The number of hydrogen-bond donors (Lipinski definition) is 3. The number of nitrogens with zero attached hydrogens (tertiary/aromatic N) is 1. The van der Waals surface area contributed by atoms with Gasteiger partial charge < -0.3 is 4.98 Å². The lowest BCUT2D eigenvalue weighted by Crippen LogP contribution is -2.21. The van der Waals surface area contributed by atoms with E-state index in [1.54, 1.807) is 6.08 Å². The number of benzene rings is 1. The fourth-order valence-electron chi connectivity index (χ4n) is 1.77. The van der Waals surface area contributed by atoms with Gasteiger partial charge in [-0.1, -0.05) is 36.4 Å². The third-order valence-corrected chi connectivity index (χ3v) is 2.64. The SMILES string of the molecule is O=c1[nH]c(=O)c2[nH]c(C=Cc3ccccc3)nc2[nH]1. The van der Waals surface area contributed by atoms with Crippen molar-refractivity contribution in [2.45, 2.75) is 0 Å². The maximum absolute atomic E-state index is 11.5. The summed E-state index contributed by atoms with van der Waals surface area (Å²) in [5, 5.41) is 0. The van der Waals surface area contributed by atoms with E-state index in [-0.39, 0.29) is 11.2 Å². The number of nitrogens with one attached hydrogen (secondary N) is 3. The highest BCUT2D eigenvalue weighted by Crippen LogP contribution is 2.07. The summed E-state index contributed by atoms with van der Waals surface area (Å²) >= 11 is 0. The lowest BCUT2D eigenvalue weighted by molar-refractivity contribution is 1.07. The van der Waals surface area contributed by atoms with E-state index < -0.39 is 11.2 Å². The maximum atomic E-state index is 11.5. The number of hydrogen-bond acceptors (Lipinski definition) is 3. The summed E-state index contributed by atoms with van der Waals surface area (Å²) in [5.41, 5.74) is 0.479. The first-order valence-electron chi connectivity index (χ1n) is 5.68. The fraction of sp³-hybridized carbons (Fsp3) is 0.